The van der Waals surface area contributed by atoms with E-state index >= 15 is 0 Å². The first-order chi connectivity index (χ1) is 9.13. The number of rotatable bonds is 3. The van der Waals surface area contributed by atoms with E-state index in [9.17, 15) is 4.79 Å². The van der Waals surface area contributed by atoms with Gasteiger partial charge < -0.3 is 10.1 Å². The fraction of sp³-hybridized carbons (Fsp3) is 0.267. The molecular formula is C15H14ClNO2. The van der Waals surface area contributed by atoms with Gasteiger partial charge in [-0.25, -0.2) is 4.79 Å². The predicted molar refractivity (Wildman–Crippen MR) is 74.0 cm³/mol. The van der Waals surface area contributed by atoms with Crippen LogP contribution < -0.4 is 0 Å². The number of nitrogens with one attached hydrogen (secondary N) is 1. The lowest BCUT2D eigenvalue weighted by Gasteiger charge is -2.10. The first kappa shape index (κ1) is 12.3. The van der Waals surface area contributed by atoms with E-state index in [0.29, 0.717) is 11.6 Å². The second kappa shape index (κ2) is 4.74. The van der Waals surface area contributed by atoms with Gasteiger partial charge >= 0.3 is 5.97 Å². The number of H-pyrrole nitrogens is 1. The molecule has 1 aliphatic rings. The zero-order chi connectivity index (χ0) is 13.4. The van der Waals surface area contributed by atoms with Gasteiger partial charge in [0.1, 0.15) is 5.69 Å². The van der Waals surface area contributed by atoms with Crippen molar-refractivity contribution in [2.24, 2.45) is 0 Å². The lowest BCUT2D eigenvalue weighted by atomic mass is 9.97. The molecule has 1 atom stereocenters. The van der Waals surface area contributed by atoms with Crippen molar-refractivity contribution in [3.05, 3.63) is 57.9 Å². The Balaban J connectivity index is 1.84. The van der Waals surface area contributed by atoms with Gasteiger partial charge in [-0.2, -0.15) is 0 Å². The van der Waals surface area contributed by atoms with E-state index in [-0.39, 0.29) is 0 Å². The molecule has 1 heterocycles. The summed E-state index contributed by atoms with van der Waals surface area (Å²) in [5.74, 6) is -0.530. The van der Waals surface area contributed by atoms with E-state index < -0.39 is 5.97 Å². The molecule has 0 saturated heterocycles. The Morgan fingerprint density at radius 2 is 2.26 bits per heavy atom. The standard InChI is InChI=1S/C15H14ClNO2/c16-12-3-1-2-9(7-12)6-10-4-5-11-8-13(15(18)19)17-14(10)11/h1-3,7-8,10,17H,4-6H2,(H,18,19). The lowest BCUT2D eigenvalue weighted by Crippen LogP contribution is -2.02. The van der Waals surface area contributed by atoms with E-state index in [0.717, 1.165) is 35.5 Å². The molecule has 0 amide bonds. The van der Waals surface area contributed by atoms with Gasteiger partial charge in [-0.1, -0.05) is 23.7 Å². The molecule has 2 aromatic rings. The third-order valence-corrected chi connectivity index (χ3v) is 3.94. The number of carboxylic acids is 1. The number of aryl methyl sites for hydroxylation is 1. The van der Waals surface area contributed by atoms with Crippen LogP contribution in [0.3, 0.4) is 0 Å². The molecule has 3 nitrogen and oxygen atoms in total. The molecule has 0 bridgehead atoms. The average molecular weight is 276 g/mol. The summed E-state index contributed by atoms with van der Waals surface area (Å²) in [6, 6.07) is 9.61. The molecule has 4 heteroatoms. The van der Waals surface area contributed by atoms with Gasteiger partial charge in [0.15, 0.2) is 0 Å². The summed E-state index contributed by atoms with van der Waals surface area (Å²) < 4.78 is 0. The normalized spacial score (nSPS) is 17.4. The lowest BCUT2D eigenvalue weighted by molar-refractivity contribution is 0.0691. The van der Waals surface area contributed by atoms with E-state index in [1.54, 1.807) is 6.07 Å². The minimum absolute atomic E-state index is 0.292. The van der Waals surface area contributed by atoms with E-state index in [4.69, 9.17) is 16.7 Å². The first-order valence-corrected chi connectivity index (χ1v) is 6.71. The van der Waals surface area contributed by atoms with Gasteiger partial charge in [-0.05, 0) is 48.6 Å². The van der Waals surface area contributed by atoms with Crippen molar-refractivity contribution >= 4 is 17.6 Å². The Labute approximate surface area is 116 Å². The fourth-order valence-corrected chi connectivity index (χ4v) is 3.04. The first-order valence-electron chi connectivity index (χ1n) is 6.33. The average Bonchev–Trinajstić information content (AvgIpc) is 2.91. The summed E-state index contributed by atoms with van der Waals surface area (Å²) in [6.45, 7) is 0. The third kappa shape index (κ3) is 2.38. The van der Waals surface area contributed by atoms with Crippen LogP contribution in [0.15, 0.2) is 30.3 Å². The van der Waals surface area contributed by atoms with Gasteiger partial charge in [0, 0.05) is 16.6 Å². The molecule has 1 aromatic carbocycles. The van der Waals surface area contributed by atoms with Crippen LogP contribution in [-0.4, -0.2) is 16.1 Å². The van der Waals surface area contributed by atoms with Crippen molar-refractivity contribution in [1.82, 2.24) is 4.98 Å². The molecule has 0 aliphatic heterocycles. The van der Waals surface area contributed by atoms with Crippen LogP contribution in [-0.2, 0) is 12.8 Å². The Morgan fingerprint density at radius 1 is 1.42 bits per heavy atom. The number of carboxylic acid groups (broad SMARTS) is 1. The van der Waals surface area contributed by atoms with Crippen molar-refractivity contribution in [2.75, 3.05) is 0 Å². The maximum atomic E-state index is 11.0. The molecular weight excluding hydrogens is 262 g/mol. The highest BCUT2D eigenvalue weighted by molar-refractivity contribution is 6.30. The van der Waals surface area contributed by atoms with Crippen LogP contribution in [0.4, 0.5) is 0 Å². The molecule has 98 valence electrons. The molecule has 1 aliphatic carbocycles. The van der Waals surface area contributed by atoms with E-state index in [1.807, 2.05) is 18.2 Å². The Hall–Kier alpha value is -1.74. The van der Waals surface area contributed by atoms with E-state index in [2.05, 4.69) is 11.1 Å². The highest BCUT2D eigenvalue weighted by Gasteiger charge is 2.26. The smallest absolute Gasteiger partial charge is 0.352 e. The Kier molecular flexibility index (Phi) is 3.07. The topological polar surface area (TPSA) is 53.1 Å². The van der Waals surface area contributed by atoms with Crippen molar-refractivity contribution < 1.29 is 9.90 Å². The summed E-state index contributed by atoms with van der Waals surface area (Å²) in [4.78, 5) is 14.0. The van der Waals surface area contributed by atoms with Crippen molar-refractivity contribution in [1.29, 1.82) is 0 Å². The number of hydrogen-bond donors (Lipinski definition) is 2. The molecule has 1 unspecified atom stereocenters. The molecule has 19 heavy (non-hydrogen) atoms. The molecule has 0 radical (unpaired) electrons. The highest BCUT2D eigenvalue weighted by atomic mass is 35.5. The second-order valence-electron chi connectivity index (χ2n) is 5.00. The zero-order valence-corrected chi connectivity index (χ0v) is 11.1. The summed E-state index contributed by atoms with van der Waals surface area (Å²) in [5, 5.41) is 9.75. The molecule has 2 N–H and O–H groups in total. The largest absolute Gasteiger partial charge is 0.477 e. The fourth-order valence-electron chi connectivity index (χ4n) is 2.83. The third-order valence-electron chi connectivity index (χ3n) is 3.71. The van der Waals surface area contributed by atoms with Gasteiger partial charge in [0.05, 0.1) is 0 Å². The predicted octanol–water partition coefficient (Wildman–Crippen LogP) is 3.64. The second-order valence-corrected chi connectivity index (χ2v) is 5.43. The maximum Gasteiger partial charge on any atom is 0.352 e. The minimum Gasteiger partial charge on any atom is -0.477 e. The number of aromatic amines is 1. The summed E-state index contributed by atoms with van der Waals surface area (Å²) in [7, 11) is 0. The van der Waals surface area contributed by atoms with Crippen LogP contribution in [0, 0.1) is 0 Å². The van der Waals surface area contributed by atoms with Gasteiger partial charge in [-0.15, -0.1) is 0 Å². The quantitative estimate of drug-likeness (QED) is 0.898. The van der Waals surface area contributed by atoms with Crippen molar-refractivity contribution in [2.45, 2.75) is 25.2 Å². The summed E-state index contributed by atoms with van der Waals surface area (Å²) in [5.41, 5.74) is 3.71. The number of aromatic carboxylic acids is 1. The summed E-state index contributed by atoms with van der Waals surface area (Å²) >= 11 is 5.99. The monoisotopic (exact) mass is 275 g/mol. The zero-order valence-electron chi connectivity index (χ0n) is 10.3. The number of halogens is 1. The molecule has 0 fully saturated rings. The van der Waals surface area contributed by atoms with Crippen LogP contribution in [0.1, 0.15) is 39.6 Å². The molecule has 3 rings (SSSR count). The van der Waals surface area contributed by atoms with Crippen LogP contribution in [0.25, 0.3) is 0 Å². The molecule has 0 spiro atoms. The van der Waals surface area contributed by atoms with Gasteiger partial charge in [0.25, 0.3) is 0 Å². The molecule has 0 saturated carbocycles. The number of benzene rings is 1. The highest BCUT2D eigenvalue weighted by Crippen LogP contribution is 2.35. The van der Waals surface area contributed by atoms with Gasteiger partial charge in [-0.3, -0.25) is 0 Å². The number of aromatic nitrogens is 1. The van der Waals surface area contributed by atoms with Crippen molar-refractivity contribution in [3.8, 4) is 0 Å². The van der Waals surface area contributed by atoms with Crippen LogP contribution in [0.2, 0.25) is 5.02 Å². The SMILES string of the molecule is O=C(O)c1cc2c([nH]1)C(Cc1cccc(Cl)c1)CC2. The summed E-state index contributed by atoms with van der Waals surface area (Å²) in [6.07, 6.45) is 2.91. The minimum atomic E-state index is -0.893. The van der Waals surface area contributed by atoms with Gasteiger partial charge in [0.2, 0.25) is 0 Å². The number of hydrogen-bond acceptors (Lipinski definition) is 1. The number of fused-ring (bicyclic) bond motifs is 1. The molecule has 1 aromatic heterocycles. The Bertz CT molecular complexity index is 633. The van der Waals surface area contributed by atoms with Crippen LogP contribution in [0.5, 0.6) is 0 Å². The maximum absolute atomic E-state index is 11.0. The van der Waals surface area contributed by atoms with Crippen LogP contribution >= 0.6 is 11.6 Å². The Morgan fingerprint density at radius 3 is 3.00 bits per heavy atom. The van der Waals surface area contributed by atoms with Crippen molar-refractivity contribution in [3.63, 3.8) is 0 Å². The van der Waals surface area contributed by atoms with E-state index in [1.165, 1.54) is 5.56 Å². The number of carbonyl (C=O) groups is 1.